The molecule has 314 valence electrons. The molecule has 6 heteroatoms. The van der Waals surface area contributed by atoms with E-state index in [-0.39, 0.29) is 31.6 Å². The van der Waals surface area contributed by atoms with E-state index in [0.29, 0.717) is 19.3 Å². The standard InChI is InChI=1S/C50H78O6/c1-4-7-10-13-16-19-22-24-25-27-28-31-34-37-40-43-49(52)55-46-47(45-54-48(51)42-39-36-33-30-21-18-15-12-9-6-3)56-50(53)44-41-38-35-32-29-26-23-20-17-14-11-8-5-2/h7-8,10-11,13-20,22-23,26,29,32,35,47H,4-6,9,12,21,24-25,27-28,30-31,33-34,36-46H2,1-3H3/b10-7-,11-8-,16-13-,17-14-,18-15-,22-19-,23-20-,29-26-,35-32-. The van der Waals surface area contributed by atoms with Crippen LogP contribution in [0, 0.1) is 0 Å². The predicted molar refractivity (Wildman–Crippen MR) is 237 cm³/mol. The highest BCUT2D eigenvalue weighted by Gasteiger charge is 2.19. The van der Waals surface area contributed by atoms with Crippen molar-refractivity contribution in [3.05, 3.63) is 109 Å². The van der Waals surface area contributed by atoms with Gasteiger partial charge in [0.15, 0.2) is 6.10 Å². The molecule has 0 saturated carbocycles. The molecule has 0 aromatic rings. The summed E-state index contributed by atoms with van der Waals surface area (Å²) in [6.45, 7) is 6.20. The molecule has 0 fully saturated rings. The number of unbranched alkanes of at least 4 members (excludes halogenated alkanes) is 14. The molecule has 56 heavy (non-hydrogen) atoms. The van der Waals surface area contributed by atoms with Crippen LogP contribution in [-0.4, -0.2) is 37.2 Å². The molecular weight excluding hydrogens is 697 g/mol. The molecule has 0 bridgehead atoms. The van der Waals surface area contributed by atoms with E-state index in [4.69, 9.17) is 14.2 Å². The second-order valence-corrected chi connectivity index (χ2v) is 14.0. The summed E-state index contributed by atoms with van der Waals surface area (Å²) in [4.78, 5) is 37.7. The van der Waals surface area contributed by atoms with Gasteiger partial charge in [0, 0.05) is 19.3 Å². The lowest BCUT2D eigenvalue weighted by Crippen LogP contribution is -2.30. The van der Waals surface area contributed by atoms with E-state index in [0.717, 1.165) is 83.5 Å². The summed E-state index contributed by atoms with van der Waals surface area (Å²) in [5, 5.41) is 0. The van der Waals surface area contributed by atoms with Gasteiger partial charge in [0.25, 0.3) is 0 Å². The molecule has 0 heterocycles. The summed E-state index contributed by atoms with van der Waals surface area (Å²) in [5.41, 5.74) is 0. The van der Waals surface area contributed by atoms with Crippen LogP contribution in [0.25, 0.3) is 0 Å². The van der Waals surface area contributed by atoms with Gasteiger partial charge >= 0.3 is 17.9 Å². The molecule has 0 amide bonds. The molecule has 0 aliphatic carbocycles. The predicted octanol–water partition coefficient (Wildman–Crippen LogP) is 14.0. The third kappa shape index (κ3) is 41.2. The number of hydrogen-bond acceptors (Lipinski definition) is 6. The lowest BCUT2D eigenvalue weighted by atomic mass is 10.1. The van der Waals surface area contributed by atoms with Gasteiger partial charge < -0.3 is 14.2 Å². The van der Waals surface area contributed by atoms with E-state index in [1.165, 1.54) is 38.5 Å². The lowest BCUT2D eigenvalue weighted by molar-refractivity contribution is -0.167. The minimum atomic E-state index is -0.824. The molecule has 0 saturated heterocycles. The molecule has 0 radical (unpaired) electrons. The number of rotatable bonds is 37. The smallest absolute Gasteiger partial charge is 0.306 e. The van der Waals surface area contributed by atoms with Crippen molar-refractivity contribution in [1.29, 1.82) is 0 Å². The molecule has 6 nitrogen and oxygen atoms in total. The van der Waals surface area contributed by atoms with Gasteiger partial charge in [-0.05, 0) is 70.6 Å². The highest BCUT2D eigenvalue weighted by molar-refractivity contribution is 5.71. The van der Waals surface area contributed by atoms with Crippen molar-refractivity contribution >= 4 is 17.9 Å². The second-order valence-electron chi connectivity index (χ2n) is 14.0. The lowest BCUT2D eigenvalue weighted by Gasteiger charge is -2.18. The molecule has 0 aromatic heterocycles. The largest absolute Gasteiger partial charge is 0.462 e. The van der Waals surface area contributed by atoms with Gasteiger partial charge in [-0.1, -0.05) is 188 Å². The maximum atomic E-state index is 12.7. The Bertz CT molecular complexity index is 1210. The molecular formula is C50H78O6. The fraction of sp³-hybridized carbons (Fsp3) is 0.580. The van der Waals surface area contributed by atoms with Gasteiger partial charge in [0.05, 0.1) is 0 Å². The number of carbonyl (C=O) groups is 3. The van der Waals surface area contributed by atoms with Gasteiger partial charge in [-0.25, -0.2) is 0 Å². The van der Waals surface area contributed by atoms with Gasteiger partial charge in [0.2, 0.25) is 0 Å². The Morgan fingerprint density at radius 2 is 0.732 bits per heavy atom. The molecule has 0 aliphatic rings. The Morgan fingerprint density at radius 3 is 1.20 bits per heavy atom. The Hall–Kier alpha value is -3.93. The summed E-state index contributed by atoms with van der Waals surface area (Å²) >= 11 is 0. The van der Waals surface area contributed by atoms with Crippen LogP contribution in [-0.2, 0) is 28.6 Å². The van der Waals surface area contributed by atoms with Gasteiger partial charge in [-0.2, -0.15) is 0 Å². The fourth-order valence-corrected chi connectivity index (χ4v) is 5.39. The molecule has 1 unspecified atom stereocenters. The first-order valence-electron chi connectivity index (χ1n) is 22.0. The minimum Gasteiger partial charge on any atom is -0.462 e. The number of esters is 3. The first-order valence-corrected chi connectivity index (χ1v) is 22.0. The first-order chi connectivity index (χ1) is 27.5. The average molecular weight is 775 g/mol. The van der Waals surface area contributed by atoms with E-state index in [1.54, 1.807) is 0 Å². The molecule has 0 aliphatic heterocycles. The second kappa shape index (κ2) is 43.8. The zero-order valence-electron chi connectivity index (χ0n) is 35.6. The quantitative estimate of drug-likeness (QED) is 0.0206. The molecule has 0 aromatic carbocycles. The first kappa shape index (κ1) is 52.1. The van der Waals surface area contributed by atoms with Gasteiger partial charge in [-0.3, -0.25) is 14.4 Å². The number of hydrogen-bond donors (Lipinski definition) is 0. The third-order valence-corrected chi connectivity index (χ3v) is 8.68. The summed E-state index contributed by atoms with van der Waals surface area (Å²) in [6.07, 6.45) is 57.9. The average Bonchev–Trinajstić information content (AvgIpc) is 3.19. The van der Waals surface area contributed by atoms with Crippen LogP contribution < -0.4 is 0 Å². The number of allylic oxidation sites excluding steroid dienone is 18. The zero-order valence-corrected chi connectivity index (χ0v) is 35.6. The van der Waals surface area contributed by atoms with Gasteiger partial charge in [-0.15, -0.1) is 0 Å². The van der Waals surface area contributed by atoms with E-state index in [9.17, 15) is 14.4 Å². The molecule has 0 rings (SSSR count). The van der Waals surface area contributed by atoms with Crippen molar-refractivity contribution in [2.45, 2.75) is 175 Å². The maximum absolute atomic E-state index is 12.7. The monoisotopic (exact) mass is 775 g/mol. The van der Waals surface area contributed by atoms with E-state index >= 15 is 0 Å². The third-order valence-electron chi connectivity index (χ3n) is 8.68. The zero-order chi connectivity index (χ0) is 40.8. The normalized spacial score (nSPS) is 13.1. The van der Waals surface area contributed by atoms with Crippen LogP contribution in [0.1, 0.15) is 168 Å². The molecule has 0 N–H and O–H groups in total. The van der Waals surface area contributed by atoms with Crippen molar-refractivity contribution in [1.82, 2.24) is 0 Å². The Kier molecular flexibility index (Phi) is 40.7. The van der Waals surface area contributed by atoms with Crippen molar-refractivity contribution in [2.24, 2.45) is 0 Å². The van der Waals surface area contributed by atoms with Crippen molar-refractivity contribution in [2.75, 3.05) is 13.2 Å². The Morgan fingerprint density at radius 1 is 0.375 bits per heavy atom. The van der Waals surface area contributed by atoms with Crippen molar-refractivity contribution in [3.8, 4) is 0 Å². The highest BCUT2D eigenvalue weighted by Crippen LogP contribution is 2.12. The highest BCUT2D eigenvalue weighted by atomic mass is 16.6. The van der Waals surface area contributed by atoms with Crippen LogP contribution in [0.3, 0.4) is 0 Å². The van der Waals surface area contributed by atoms with Crippen LogP contribution in [0.15, 0.2) is 109 Å². The van der Waals surface area contributed by atoms with Crippen LogP contribution in [0.2, 0.25) is 0 Å². The summed E-state index contributed by atoms with van der Waals surface area (Å²) in [7, 11) is 0. The molecule has 1 atom stereocenters. The maximum Gasteiger partial charge on any atom is 0.306 e. The van der Waals surface area contributed by atoms with Gasteiger partial charge in [0.1, 0.15) is 13.2 Å². The minimum absolute atomic E-state index is 0.119. The summed E-state index contributed by atoms with van der Waals surface area (Å²) in [6, 6.07) is 0. The van der Waals surface area contributed by atoms with Crippen LogP contribution >= 0.6 is 0 Å². The van der Waals surface area contributed by atoms with E-state index in [1.807, 2.05) is 54.7 Å². The van der Waals surface area contributed by atoms with Crippen molar-refractivity contribution < 1.29 is 28.6 Å². The topological polar surface area (TPSA) is 78.9 Å². The fourth-order valence-electron chi connectivity index (χ4n) is 5.39. The number of carbonyl (C=O) groups excluding carboxylic acids is 3. The molecule has 0 spiro atoms. The van der Waals surface area contributed by atoms with E-state index in [2.05, 4.69) is 75.5 Å². The number of ether oxygens (including phenoxy) is 3. The SMILES string of the molecule is CC\C=C/C=C\C=C/C=C\C=C/CCCC(=O)OC(COC(=O)CCCCCC/C=C\CCCC)COC(=O)CCCCCCCCC\C=C/C=C\C=C/CC. The summed E-state index contributed by atoms with van der Waals surface area (Å²) < 4.78 is 16.6. The van der Waals surface area contributed by atoms with Crippen molar-refractivity contribution in [3.63, 3.8) is 0 Å². The summed E-state index contributed by atoms with van der Waals surface area (Å²) in [5.74, 6) is -1.03. The van der Waals surface area contributed by atoms with Crippen LogP contribution in [0.5, 0.6) is 0 Å². The van der Waals surface area contributed by atoms with Crippen LogP contribution in [0.4, 0.5) is 0 Å². The van der Waals surface area contributed by atoms with E-state index < -0.39 is 12.1 Å². The Balaban J connectivity index is 4.54. The Labute approximate surface area is 342 Å².